The van der Waals surface area contributed by atoms with Crippen LogP contribution in [-0.2, 0) is 6.54 Å². The first kappa shape index (κ1) is 14.1. The van der Waals surface area contributed by atoms with Crippen molar-refractivity contribution in [3.8, 4) is 5.88 Å². The maximum absolute atomic E-state index is 11.9. The SMILES string of the molecule is CCCNCc1cnc(OCC(F)F)c(Cl)c1. The summed E-state index contributed by atoms with van der Waals surface area (Å²) in [5, 5.41) is 3.44. The molecule has 17 heavy (non-hydrogen) atoms. The van der Waals surface area contributed by atoms with E-state index in [0.717, 1.165) is 18.5 Å². The molecule has 1 heterocycles. The Kier molecular flexibility index (Phi) is 6.15. The van der Waals surface area contributed by atoms with E-state index in [1.165, 1.54) is 0 Å². The van der Waals surface area contributed by atoms with Gasteiger partial charge >= 0.3 is 0 Å². The summed E-state index contributed by atoms with van der Waals surface area (Å²) < 4.78 is 28.6. The molecule has 0 atom stereocenters. The van der Waals surface area contributed by atoms with E-state index < -0.39 is 13.0 Å². The predicted molar refractivity (Wildman–Crippen MR) is 62.7 cm³/mol. The fourth-order valence-electron chi connectivity index (χ4n) is 1.22. The van der Waals surface area contributed by atoms with Gasteiger partial charge in [0.15, 0.2) is 6.61 Å². The number of halogens is 3. The molecule has 1 rings (SSSR count). The molecule has 0 saturated heterocycles. The number of alkyl halides is 2. The Balaban J connectivity index is 2.53. The summed E-state index contributed by atoms with van der Waals surface area (Å²) in [6.07, 6.45) is 0.0743. The molecule has 0 fully saturated rings. The number of aromatic nitrogens is 1. The Morgan fingerprint density at radius 2 is 2.29 bits per heavy atom. The van der Waals surface area contributed by atoms with Crippen molar-refractivity contribution >= 4 is 11.6 Å². The van der Waals surface area contributed by atoms with Crippen LogP contribution in [0.3, 0.4) is 0 Å². The molecular formula is C11H15ClF2N2O. The van der Waals surface area contributed by atoms with Crippen LogP contribution in [0.25, 0.3) is 0 Å². The first-order valence-corrected chi connectivity index (χ1v) is 5.77. The third-order valence-corrected chi connectivity index (χ3v) is 2.24. The quantitative estimate of drug-likeness (QED) is 0.769. The number of rotatable bonds is 7. The summed E-state index contributed by atoms with van der Waals surface area (Å²) in [4.78, 5) is 3.90. The third-order valence-electron chi connectivity index (χ3n) is 1.97. The van der Waals surface area contributed by atoms with Crippen LogP contribution in [0.4, 0.5) is 8.78 Å². The average Bonchev–Trinajstić information content (AvgIpc) is 2.28. The van der Waals surface area contributed by atoms with Crippen molar-refractivity contribution in [1.82, 2.24) is 10.3 Å². The van der Waals surface area contributed by atoms with E-state index in [0.29, 0.717) is 6.54 Å². The second-order valence-corrected chi connectivity index (χ2v) is 3.92. The molecule has 0 amide bonds. The van der Waals surface area contributed by atoms with Gasteiger partial charge in [-0.05, 0) is 24.6 Å². The number of pyridine rings is 1. The summed E-state index contributed by atoms with van der Waals surface area (Å²) in [5.74, 6) is 0.0474. The zero-order valence-electron chi connectivity index (χ0n) is 9.55. The second-order valence-electron chi connectivity index (χ2n) is 3.51. The van der Waals surface area contributed by atoms with Crippen molar-refractivity contribution in [3.63, 3.8) is 0 Å². The lowest BCUT2D eigenvalue weighted by atomic mass is 10.3. The van der Waals surface area contributed by atoms with Gasteiger partial charge in [0.1, 0.15) is 5.02 Å². The Morgan fingerprint density at radius 1 is 1.53 bits per heavy atom. The Morgan fingerprint density at radius 3 is 2.88 bits per heavy atom. The molecule has 0 aliphatic rings. The van der Waals surface area contributed by atoms with Gasteiger partial charge in [-0.3, -0.25) is 0 Å². The molecule has 3 nitrogen and oxygen atoms in total. The van der Waals surface area contributed by atoms with Crippen LogP contribution in [0, 0.1) is 0 Å². The fraction of sp³-hybridized carbons (Fsp3) is 0.545. The highest BCUT2D eigenvalue weighted by atomic mass is 35.5. The van der Waals surface area contributed by atoms with E-state index in [4.69, 9.17) is 16.3 Å². The summed E-state index contributed by atoms with van der Waals surface area (Å²) in [7, 11) is 0. The molecular weight excluding hydrogens is 250 g/mol. The highest BCUT2D eigenvalue weighted by Gasteiger charge is 2.08. The van der Waals surface area contributed by atoms with Crippen LogP contribution >= 0.6 is 11.6 Å². The van der Waals surface area contributed by atoms with E-state index in [2.05, 4.69) is 17.2 Å². The summed E-state index contributed by atoms with van der Waals surface area (Å²) in [6.45, 7) is 2.93. The molecule has 0 aromatic carbocycles. The molecule has 0 saturated carbocycles. The second kappa shape index (κ2) is 7.40. The van der Waals surface area contributed by atoms with Gasteiger partial charge in [0.05, 0.1) is 0 Å². The molecule has 0 unspecified atom stereocenters. The number of nitrogens with one attached hydrogen (secondary N) is 1. The van der Waals surface area contributed by atoms with Crippen molar-refractivity contribution < 1.29 is 13.5 Å². The summed E-state index contributed by atoms with van der Waals surface area (Å²) in [6, 6.07) is 1.66. The third kappa shape index (κ3) is 5.28. The van der Waals surface area contributed by atoms with E-state index in [-0.39, 0.29) is 10.9 Å². The Hall–Kier alpha value is -0.940. The zero-order chi connectivity index (χ0) is 12.7. The summed E-state index contributed by atoms with van der Waals surface area (Å²) >= 11 is 5.87. The van der Waals surface area contributed by atoms with Gasteiger partial charge in [0.2, 0.25) is 5.88 Å². The molecule has 6 heteroatoms. The first-order chi connectivity index (χ1) is 8.13. The molecule has 1 aromatic heterocycles. The van der Waals surface area contributed by atoms with Crippen molar-refractivity contribution in [1.29, 1.82) is 0 Å². The van der Waals surface area contributed by atoms with Crippen molar-refractivity contribution in [2.24, 2.45) is 0 Å². The van der Waals surface area contributed by atoms with Crippen molar-refractivity contribution in [2.75, 3.05) is 13.2 Å². The van der Waals surface area contributed by atoms with Crippen LogP contribution in [0.5, 0.6) is 5.88 Å². The minimum atomic E-state index is -2.53. The van der Waals surface area contributed by atoms with Gasteiger partial charge < -0.3 is 10.1 Å². The normalized spacial score (nSPS) is 10.9. The van der Waals surface area contributed by atoms with Crippen molar-refractivity contribution in [2.45, 2.75) is 26.3 Å². The Labute approximate surface area is 104 Å². The van der Waals surface area contributed by atoms with E-state index in [1.54, 1.807) is 12.3 Å². The molecule has 0 aliphatic heterocycles. The van der Waals surface area contributed by atoms with Crippen LogP contribution in [0.15, 0.2) is 12.3 Å². The van der Waals surface area contributed by atoms with E-state index >= 15 is 0 Å². The van der Waals surface area contributed by atoms with Gasteiger partial charge in [0.25, 0.3) is 6.43 Å². The smallest absolute Gasteiger partial charge is 0.272 e. The van der Waals surface area contributed by atoms with Gasteiger partial charge in [-0.1, -0.05) is 18.5 Å². The molecule has 0 bridgehead atoms. The molecule has 0 spiro atoms. The van der Waals surface area contributed by atoms with Gasteiger partial charge in [-0.15, -0.1) is 0 Å². The first-order valence-electron chi connectivity index (χ1n) is 5.39. The lowest BCUT2D eigenvalue weighted by molar-refractivity contribution is 0.0796. The molecule has 1 N–H and O–H groups in total. The number of hydrogen-bond acceptors (Lipinski definition) is 3. The highest BCUT2D eigenvalue weighted by Crippen LogP contribution is 2.22. The highest BCUT2D eigenvalue weighted by molar-refractivity contribution is 6.31. The minimum absolute atomic E-state index is 0.0474. The maximum atomic E-state index is 11.9. The maximum Gasteiger partial charge on any atom is 0.272 e. The van der Waals surface area contributed by atoms with E-state index in [1.807, 2.05) is 0 Å². The fourth-order valence-corrected chi connectivity index (χ4v) is 1.46. The van der Waals surface area contributed by atoms with Gasteiger partial charge in [-0.2, -0.15) is 0 Å². The molecule has 96 valence electrons. The lowest BCUT2D eigenvalue weighted by Crippen LogP contribution is -2.14. The van der Waals surface area contributed by atoms with Crippen LogP contribution in [0.2, 0.25) is 5.02 Å². The minimum Gasteiger partial charge on any atom is -0.471 e. The Bertz CT molecular complexity index is 350. The number of ether oxygens (including phenoxy) is 1. The van der Waals surface area contributed by atoms with Crippen molar-refractivity contribution in [3.05, 3.63) is 22.8 Å². The van der Waals surface area contributed by atoms with Crippen LogP contribution in [-0.4, -0.2) is 24.6 Å². The summed E-state index contributed by atoms with van der Waals surface area (Å²) in [5.41, 5.74) is 0.896. The number of nitrogens with zero attached hydrogens (tertiary/aromatic N) is 1. The largest absolute Gasteiger partial charge is 0.471 e. The molecule has 1 aromatic rings. The van der Waals surface area contributed by atoms with Gasteiger partial charge in [-0.25, -0.2) is 13.8 Å². The lowest BCUT2D eigenvalue weighted by Gasteiger charge is -2.08. The monoisotopic (exact) mass is 264 g/mol. The zero-order valence-corrected chi connectivity index (χ0v) is 10.3. The van der Waals surface area contributed by atoms with E-state index in [9.17, 15) is 8.78 Å². The standard InChI is InChI=1S/C11H15ClF2N2O/c1-2-3-15-5-8-4-9(12)11(16-6-8)17-7-10(13)14/h4,6,10,15H,2-3,5,7H2,1H3. The molecule has 0 radical (unpaired) electrons. The average molecular weight is 265 g/mol. The van der Waals surface area contributed by atoms with Crippen LogP contribution in [0.1, 0.15) is 18.9 Å². The molecule has 0 aliphatic carbocycles. The number of hydrogen-bond donors (Lipinski definition) is 1. The predicted octanol–water partition coefficient (Wildman–Crippen LogP) is 2.88. The van der Waals surface area contributed by atoms with Gasteiger partial charge in [0, 0.05) is 12.7 Å². The topological polar surface area (TPSA) is 34.2 Å². The van der Waals surface area contributed by atoms with Crippen LogP contribution < -0.4 is 10.1 Å².